The minimum atomic E-state index is -0.618. The highest BCUT2D eigenvalue weighted by molar-refractivity contribution is 6.03. The summed E-state index contributed by atoms with van der Waals surface area (Å²) in [5.41, 5.74) is 6.18. The van der Waals surface area contributed by atoms with Crippen LogP contribution in [0.4, 0.5) is 103 Å². The van der Waals surface area contributed by atoms with E-state index in [1.165, 1.54) is 154 Å². The number of ketones is 1. The van der Waals surface area contributed by atoms with Crippen LogP contribution in [-0.2, 0) is 4.74 Å². The number of hydrogen-bond acceptors (Lipinski definition) is 12. The molecule has 11 N–H and O–H groups in total. The van der Waals surface area contributed by atoms with Crippen LogP contribution in [0.25, 0.3) is 0 Å². The zero-order valence-electron chi connectivity index (χ0n) is 53.6. The highest BCUT2D eigenvalue weighted by atomic mass is 19.1. The molecule has 10 amide bonds. The van der Waals surface area contributed by atoms with Gasteiger partial charge in [-0.2, -0.15) is 5.26 Å². The van der Waals surface area contributed by atoms with E-state index < -0.39 is 41.9 Å². The van der Waals surface area contributed by atoms with Crippen LogP contribution in [0.5, 0.6) is 17.2 Å². The Morgan fingerprint density at radius 1 is 0.380 bits per heavy atom. The molecule has 10 rings (SSSR count). The number of amides is 10. The van der Waals surface area contributed by atoms with Crippen molar-refractivity contribution < 1.29 is 74.8 Å². The Kier molecular flexibility index (Phi) is 29.5. The van der Waals surface area contributed by atoms with Gasteiger partial charge >= 0.3 is 36.1 Å². The number of anilines is 10. The lowest BCUT2D eigenvalue weighted by molar-refractivity contribution is 0.0600. The number of aromatic hydroxyl groups is 1. The van der Waals surface area contributed by atoms with Gasteiger partial charge in [-0.3, -0.25) is 4.79 Å². The molecule has 10 aromatic rings. The molecule has 22 nitrogen and oxygen atoms in total. The molecule has 0 atom stereocenters. The largest absolute Gasteiger partial charge is 0.506 e. The van der Waals surface area contributed by atoms with Crippen LogP contribution in [0.3, 0.4) is 0 Å². The average Bonchev–Trinajstić information content (AvgIpc) is 1.06. The van der Waals surface area contributed by atoms with Gasteiger partial charge in [0.25, 0.3) is 0 Å². The van der Waals surface area contributed by atoms with Crippen molar-refractivity contribution in [2.24, 2.45) is 0 Å². The molecule has 0 radical (unpaired) electrons. The number of carbonyl (C=O) groups excluding carboxylic acids is 7. The second-order valence-corrected chi connectivity index (χ2v) is 20.2. The van der Waals surface area contributed by atoms with Crippen molar-refractivity contribution in [3.05, 3.63) is 282 Å². The number of phenolic OH excluding ortho intramolecular Hbond substituents is 1. The monoisotopic (exact) mass is 1370 g/mol. The maximum atomic E-state index is 12.8. The number of carbonyl (C=O) groups is 7. The van der Waals surface area contributed by atoms with Gasteiger partial charge in [0, 0.05) is 62.8 Å². The maximum absolute atomic E-state index is 12.8. The summed E-state index contributed by atoms with van der Waals surface area (Å²) < 4.78 is 78.5. The Bertz CT molecular complexity index is 4390. The van der Waals surface area contributed by atoms with Gasteiger partial charge in [0.1, 0.15) is 46.3 Å². The number of phenols is 1. The smallest absolute Gasteiger partial charge is 0.337 e. The minimum absolute atomic E-state index is 0.0349. The number of halogens is 5. The molecule has 0 spiro atoms. The molecule has 0 aliphatic rings. The predicted octanol–water partition coefficient (Wildman–Crippen LogP) is 17.3. The lowest BCUT2D eigenvalue weighted by Crippen LogP contribution is -2.19. The molecule has 0 unspecified atom stereocenters. The van der Waals surface area contributed by atoms with E-state index in [-0.39, 0.29) is 46.1 Å². The van der Waals surface area contributed by atoms with E-state index in [4.69, 9.17) is 14.7 Å². The number of nitrogens with one attached hydrogen (secondary N) is 10. The number of nitrogens with zero attached hydrogens (tertiary/aromatic N) is 1. The number of urea groups is 5. The van der Waals surface area contributed by atoms with E-state index >= 15 is 0 Å². The van der Waals surface area contributed by atoms with Gasteiger partial charge in [-0.05, 0) is 238 Å². The van der Waals surface area contributed by atoms with E-state index in [1.54, 1.807) is 98.1 Å². The van der Waals surface area contributed by atoms with Crippen LogP contribution >= 0.6 is 0 Å². The van der Waals surface area contributed by atoms with E-state index in [2.05, 4.69) is 57.9 Å². The van der Waals surface area contributed by atoms with Gasteiger partial charge in [-0.25, -0.2) is 50.7 Å². The topological polar surface area (TPSA) is 311 Å². The second-order valence-electron chi connectivity index (χ2n) is 20.2. The third-order valence-electron chi connectivity index (χ3n) is 12.7. The summed E-state index contributed by atoms with van der Waals surface area (Å²) in [7, 11) is 2.80. The number of Topliss-reactive ketones (excluding diaryl/α,β-unsaturated/α-hetero) is 1. The third kappa shape index (κ3) is 27.3. The van der Waals surface area contributed by atoms with Crippen LogP contribution in [0, 0.1) is 40.4 Å². The van der Waals surface area contributed by atoms with E-state index in [1.807, 2.05) is 19.1 Å². The van der Waals surface area contributed by atoms with Crippen LogP contribution in [0.1, 0.15) is 40.1 Å². The van der Waals surface area contributed by atoms with Gasteiger partial charge in [0.2, 0.25) is 0 Å². The number of nitriles is 1. The summed E-state index contributed by atoms with van der Waals surface area (Å²) in [6.07, 6.45) is 0. The molecule has 27 heteroatoms. The standard InChI is InChI=1S/C15H13FN2O4.C15H13FN2O2.C15H15FN2O2.C14H10FN3O.C14H13FN2O2/c1-22-14(20)9-2-7-12(13(19)8-9)18-15(21)17-11-5-3-10(16)4-6-11;1-10(19)11-2-6-13(7-3-11)17-15(20)18-14-8-4-12(16)5-9-14;1-2-20-14-5-3-4-13(10-14)18-15(19)17-12-8-6-11(16)7-9-12;15-11-3-7-13(8-4-11)18-14(19)17-12-5-1-10(9-16)2-6-12;1-19-13-8-6-12(7-9-13)17-14(18)16-11-4-2-10(15)3-5-11/h2-8,19H,1H3,(H2,17,18,21);2-9H,1H3,(H2,17,18,20);3-10H,2H2,1H3,(H2,17,18,19);1-8H,(H2,17,18,19);2-9H,1H3,(H2,16,17,18). The number of rotatable bonds is 15. The maximum Gasteiger partial charge on any atom is 0.337 e. The molecule has 0 saturated heterocycles. The molecule has 10 aromatic carbocycles. The summed E-state index contributed by atoms with van der Waals surface area (Å²) >= 11 is 0. The summed E-state index contributed by atoms with van der Waals surface area (Å²) in [4.78, 5) is 81.0. The van der Waals surface area contributed by atoms with Crippen molar-refractivity contribution in [1.29, 1.82) is 5.26 Å². The molecule has 0 bridgehead atoms. The third-order valence-corrected chi connectivity index (χ3v) is 12.7. The first-order chi connectivity index (χ1) is 48.0. The summed E-state index contributed by atoms with van der Waals surface area (Å²) in [6, 6.07) is 57.9. The van der Waals surface area contributed by atoms with Crippen LogP contribution in [0.2, 0.25) is 0 Å². The zero-order valence-corrected chi connectivity index (χ0v) is 53.6. The fraction of sp³-hybridized carbons (Fsp3) is 0.0685. The quantitative estimate of drug-likeness (QED) is 0.0198. The molecule has 0 aliphatic carbocycles. The molecule has 0 heterocycles. The summed E-state index contributed by atoms with van der Waals surface area (Å²) in [6.45, 7) is 3.93. The molecule has 100 heavy (non-hydrogen) atoms. The van der Waals surface area contributed by atoms with Crippen molar-refractivity contribution in [3.63, 3.8) is 0 Å². The first-order valence-electron chi connectivity index (χ1n) is 29.6. The van der Waals surface area contributed by atoms with Crippen molar-refractivity contribution in [3.8, 4) is 23.3 Å². The highest BCUT2D eigenvalue weighted by Gasteiger charge is 2.13. The molecule has 512 valence electrons. The number of methoxy groups -OCH3 is 2. The Balaban J connectivity index is 0.000000197. The molecule has 0 saturated carbocycles. The van der Waals surface area contributed by atoms with Gasteiger partial charge in [0.15, 0.2) is 5.78 Å². The number of hydrogen-bond donors (Lipinski definition) is 11. The van der Waals surface area contributed by atoms with Crippen molar-refractivity contribution in [1.82, 2.24) is 0 Å². The van der Waals surface area contributed by atoms with Crippen LogP contribution in [-0.4, -0.2) is 67.8 Å². The van der Waals surface area contributed by atoms with Gasteiger partial charge in [-0.15, -0.1) is 0 Å². The Morgan fingerprint density at radius 2 is 0.690 bits per heavy atom. The summed E-state index contributed by atoms with van der Waals surface area (Å²) in [5.74, 6) is -1.35. The average molecular weight is 1370 g/mol. The molecule has 0 fully saturated rings. The Labute approximate surface area is 570 Å². The van der Waals surface area contributed by atoms with Crippen molar-refractivity contribution in [2.45, 2.75) is 13.8 Å². The van der Waals surface area contributed by atoms with Crippen LogP contribution in [0.15, 0.2) is 237 Å². The lowest BCUT2D eigenvalue weighted by atomic mass is 10.1. The highest BCUT2D eigenvalue weighted by Crippen LogP contribution is 2.26. The van der Waals surface area contributed by atoms with E-state index in [0.29, 0.717) is 80.4 Å². The fourth-order valence-electron chi connectivity index (χ4n) is 7.93. The SMILES string of the molecule is CC(=O)c1ccc(NC(=O)Nc2ccc(F)cc2)cc1.CCOc1cccc(NC(=O)Nc2ccc(F)cc2)c1.COC(=O)c1ccc(NC(=O)Nc2ccc(F)cc2)c(O)c1.COc1ccc(NC(=O)Nc2ccc(F)cc2)cc1.N#Cc1ccc(NC(=O)Nc2ccc(F)cc2)cc1. The molecular weight excluding hydrogens is 1300 g/mol. The van der Waals surface area contributed by atoms with Gasteiger partial charge < -0.3 is 72.5 Å². The van der Waals surface area contributed by atoms with Gasteiger partial charge in [0.05, 0.1) is 43.7 Å². The normalized spacial score (nSPS) is 9.80. The van der Waals surface area contributed by atoms with Crippen molar-refractivity contribution in [2.75, 3.05) is 74.0 Å². The Hall–Kier alpha value is -13.8. The lowest BCUT2D eigenvalue weighted by Gasteiger charge is -2.10. The van der Waals surface area contributed by atoms with E-state index in [9.17, 15) is 60.6 Å². The predicted molar refractivity (Wildman–Crippen MR) is 373 cm³/mol. The number of benzene rings is 10. The first kappa shape index (κ1) is 75.3. The molecule has 0 aliphatic heterocycles. The number of ether oxygens (including phenoxy) is 3. The second kappa shape index (κ2) is 39.2. The molecular formula is C73H64F5N11O11. The molecule has 0 aromatic heterocycles. The summed E-state index contributed by atoms with van der Waals surface area (Å²) in [5, 5.41) is 44.2. The fourth-order valence-corrected chi connectivity index (χ4v) is 7.93. The number of esters is 1. The first-order valence-corrected chi connectivity index (χ1v) is 29.6. The van der Waals surface area contributed by atoms with Gasteiger partial charge in [-0.1, -0.05) is 6.07 Å². The zero-order chi connectivity index (χ0) is 72.3. The van der Waals surface area contributed by atoms with Crippen LogP contribution < -0.4 is 62.6 Å². The Morgan fingerprint density at radius 3 is 1.00 bits per heavy atom. The van der Waals surface area contributed by atoms with Crippen molar-refractivity contribution >= 4 is 98.8 Å². The van der Waals surface area contributed by atoms with E-state index in [0.717, 1.165) is 0 Å². The minimum Gasteiger partial charge on any atom is -0.506 e.